The van der Waals surface area contributed by atoms with Crippen molar-refractivity contribution in [3.05, 3.63) is 53.7 Å². The standard InChI is InChI=1S/C14H12F2N4/c15-10-2-1-8(11(16)4-10)6-18-14-5-13-9(3-12(14)17)7-19-20-13/h1-5,7,18H,6,17H2,(H,19,20). The van der Waals surface area contributed by atoms with Gasteiger partial charge in [-0.1, -0.05) is 6.07 Å². The number of nitrogen functional groups attached to an aromatic ring is 1. The van der Waals surface area contributed by atoms with E-state index in [1.54, 1.807) is 18.3 Å². The van der Waals surface area contributed by atoms with Gasteiger partial charge in [-0.3, -0.25) is 5.10 Å². The van der Waals surface area contributed by atoms with Gasteiger partial charge < -0.3 is 11.1 Å². The third-order valence-electron chi connectivity index (χ3n) is 3.09. The van der Waals surface area contributed by atoms with Gasteiger partial charge >= 0.3 is 0 Å². The molecule has 0 fully saturated rings. The molecule has 0 saturated heterocycles. The Bertz CT molecular complexity index is 767. The van der Waals surface area contributed by atoms with Gasteiger partial charge in [0, 0.05) is 23.6 Å². The minimum atomic E-state index is -0.593. The van der Waals surface area contributed by atoms with Crippen molar-refractivity contribution in [2.24, 2.45) is 0 Å². The summed E-state index contributed by atoms with van der Waals surface area (Å²) in [7, 11) is 0. The Morgan fingerprint density at radius 3 is 2.85 bits per heavy atom. The van der Waals surface area contributed by atoms with Gasteiger partial charge in [0.05, 0.1) is 23.1 Å². The zero-order chi connectivity index (χ0) is 14.1. The van der Waals surface area contributed by atoms with Crippen LogP contribution in [0.5, 0.6) is 0 Å². The van der Waals surface area contributed by atoms with E-state index in [1.165, 1.54) is 12.1 Å². The molecule has 6 heteroatoms. The summed E-state index contributed by atoms with van der Waals surface area (Å²) in [6.45, 7) is 0.218. The van der Waals surface area contributed by atoms with Crippen molar-refractivity contribution in [2.45, 2.75) is 6.54 Å². The maximum Gasteiger partial charge on any atom is 0.131 e. The second-order valence-corrected chi connectivity index (χ2v) is 4.49. The van der Waals surface area contributed by atoms with Crippen molar-refractivity contribution in [1.29, 1.82) is 0 Å². The summed E-state index contributed by atoms with van der Waals surface area (Å²) in [5.74, 6) is -1.18. The third kappa shape index (κ3) is 2.27. The number of nitrogens with two attached hydrogens (primary N) is 1. The van der Waals surface area contributed by atoms with Gasteiger partial charge in [0.15, 0.2) is 0 Å². The lowest BCUT2D eigenvalue weighted by Crippen LogP contribution is -2.04. The molecule has 0 radical (unpaired) electrons. The van der Waals surface area contributed by atoms with Crippen molar-refractivity contribution in [1.82, 2.24) is 10.2 Å². The number of halogens is 2. The van der Waals surface area contributed by atoms with E-state index in [-0.39, 0.29) is 6.54 Å². The van der Waals surface area contributed by atoms with Gasteiger partial charge in [-0.2, -0.15) is 5.10 Å². The van der Waals surface area contributed by atoms with E-state index in [0.29, 0.717) is 16.9 Å². The summed E-state index contributed by atoms with van der Waals surface area (Å²) in [6, 6.07) is 7.07. The lowest BCUT2D eigenvalue weighted by Gasteiger charge is -2.10. The predicted octanol–water partition coefficient (Wildman–Crippen LogP) is 3.04. The minimum Gasteiger partial charge on any atom is -0.397 e. The summed E-state index contributed by atoms with van der Waals surface area (Å²) in [6.07, 6.45) is 1.68. The lowest BCUT2D eigenvalue weighted by atomic mass is 10.1. The van der Waals surface area contributed by atoms with Crippen LogP contribution in [0.1, 0.15) is 5.56 Å². The number of aromatic amines is 1. The first kappa shape index (κ1) is 12.4. The second kappa shape index (κ2) is 4.80. The molecule has 0 aliphatic heterocycles. The number of benzene rings is 2. The average Bonchev–Trinajstić information content (AvgIpc) is 2.84. The molecule has 0 amide bonds. The number of rotatable bonds is 3. The zero-order valence-electron chi connectivity index (χ0n) is 10.5. The summed E-state index contributed by atoms with van der Waals surface area (Å²) in [5.41, 5.74) is 8.33. The van der Waals surface area contributed by atoms with Crippen molar-refractivity contribution < 1.29 is 8.78 Å². The Labute approximate surface area is 113 Å². The van der Waals surface area contributed by atoms with Crippen LogP contribution >= 0.6 is 0 Å². The summed E-state index contributed by atoms with van der Waals surface area (Å²) >= 11 is 0. The summed E-state index contributed by atoms with van der Waals surface area (Å²) in [5, 5.41) is 10.7. The maximum absolute atomic E-state index is 13.5. The maximum atomic E-state index is 13.5. The number of nitrogens with zero attached hydrogens (tertiary/aromatic N) is 1. The Kier molecular flexibility index (Phi) is 2.98. The van der Waals surface area contributed by atoms with Crippen LogP contribution in [0.4, 0.5) is 20.2 Å². The normalized spacial score (nSPS) is 10.9. The second-order valence-electron chi connectivity index (χ2n) is 4.49. The van der Waals surface area contributed by atoms with E-state index in [0.717, 1.165) is 17.0 Å². The van der Waals surface area contributed by atoms with E-state index in [4.69, 9.17) is 5.73 Å². The number of hydrogen-bond donors (Lipinski definition) is 3. The Morgan fingerprint density at radius 1 is 1.20 bits per heavy atom. The molecule has 4 N–H and O–H groups in total. The molecule has 0 bridgehead atoms. The highest BCUT2D eigenvalue weighted by Crippen LogP contribution is 2.25. The fraction of sp³-hybridized carbons (Fsp3) is 0.0714. The van der Waals surface area contributed by atoms with Crippen molar-refractivity contribution >= 4 is 22.3 Å². The summed E-state index contributed by atoms with van der Waals surface area (Å²) < 4.78 is 26.4. The van der Waals surface area contributed by atoms with Crippen LogP contribution in [-0.4, -0.2) is 10.2 Å². The molecule has 0 saturated carbocycles. The molecular formula is C14H12F2N4. The van der Waals surface area contributed by atoms with Gasteiger partial charge in [0.25, 0.3) is 0 Å². The largest absolute Gasteiger partial charge is 0.397 e. The zero-order valence-corrected chi connectivity index (χ0v) is 10.5. The van der Waals surface area contributed by atoms with E-state index < -0.39 is 11.6 Å². The first-order valence-corrected chi connectivity index (χ1v) is 6.04. The van der Waals surface area contributed by atoms with Crippen molar-refractivity contribution in [2.75, 3.05) is 11.1 Å². The molecule has 2 aromatic carbocycles. The van der Waals surface area contributed by atoms with Crippen LogP contribution in [-0.2, 0) is 6.54 Å². The fourth-order valence-electron chi connectivity index (χ4n) is 2.02. The fourth-order valence-corrected chi connectivity index (χ4v) is 2.02. The number of fused-ring (bicyclic) bond motifs is 1. The number of nitrogens with one attached hydrogen (secondary N) is 2. The monoisotopic (exact) mass is 274 g/mol. The van der Waals surface area contributed by atoms with Gasteiger partial charge in [-0.05, 0) is 18.2 Å². The minimum absolute atomic E-state index is 0.218. The molecule has 0 aliphatic rings. The molecule has 1 heterocycles. The highest BCUT2D eigenvalue weighted by Gasteiger charge is 2.06. The molecule has 0 atom stereocenters. The number of H-pyrrole nitrogens is 1. The highest BCUT2D eigenvalue weighted by molar-refractivity contribution is 5.88. The third-order valence-corrected chi connectivity index (χ3v) is 3.09. The molecule has 3 aromatic rings. The van der Waals surface area contributed by atoms with E-state index >= 15 is 0 Å². The van der Waals surface area contributed by atoms with E-state index in [1.807, 2.05) is 0 Å². The number of aromatic nitrogens is 2. The molecule has 3 rings (SSSR count). The van der Waals surface area contributed by atoms with Crippen LogP contribution in [0.25, 0.3) is 10.9 Å². The molecule has 0 aliphatic carbocycles. The summed E-state index contributed by atoms with van der Waals surface area (Å²) in [4.78, 5) is 0. The van der Waals surface area contributed by atoms with Crippen LogP contribution in [0, 0.1) is 11.6 Å². The predicted molar refractivity (Wildman–Crippen MR) is 74.2 cm³/mol. The molecule has 20 heavy (non-hydrogen) atoms. The smallest absolute Gasteiger partial charge is 0.131 e. The van der Waals surface area contributed by atoms with E-state index in [2.05, 4.69) is 15.5 Å². The lowest BCUT2D eigenvalue weighted by molar-refractivity contribution is 0.574. The molecule has 0 spiro atoms. The van der Waals surface area contributed by atoms with Crippen LogP contribution in [0.2, 0.25) is 0 Å². The molecule has 1 aromatic heterocycles. The quantitative estimate of drug-likeness (QED) is 0.643. The molecule has 102 valence electrons. The number of anilines is 2. The average molecular weight is 274 g/mol. The highest BCUT2D eigenvalue weighted by atomic mass is 19.1. The van der Waals surface area contributed by atoms with Crippen LogP contribution < -0.4 is 11.1 Å². The SMILES string of the molecule is Nc1cc2cn[nH]c2cc1NCc1ccc(F)cc1F. The Morgan fingerprint density at radius 2 is 2.05 bits per heavy atom. The Balaban J connectivity index is 1.84. The van der Waals surface area contributed by atoms with Gasteiger partial charge in [-0.15, -0.1) is 0 Å². The molecule has 4 nitrogen and oxygen atoms in total. The van der Waals surface area contributed by atoms with Crippen LogP contribution in [0.15, 0.2) is 36.5 Å². The van der Waals surface area contributed by atoms with Gasteiger partial charge in [0.1, 0.15) is 11.6 Å². The first-order chi connectivity index (χ1) is 9.63. The van der Waals surface area contributed by atoms with Gasteiger partial charge in [-0.25, -0.2) is 8.78 Å². The Hall–Kier alpha value is -2.63. The van der Waals surface area contributed by atoms with Crippen molar-refractivity contribution in [3.8, 4) is 0 Å². The molecular weight excluding hydrogens is 262 g/mol. The van der Waals surface area contributed by atoms with Crippen LogP contribution in [0.3, 0.4) is 0 Å². The van der Waals surface area contributed by atoms with Crippen molar-refractivity contribution in [3.63, 3.8) is 0 Å². The van der Waals surface area contributed by atoms with Gasteiger partial charge in [0.2, 0.25) is 0 Å². The van der Waals surface area contributed by atoms with E-state index in [9.17, 15) is 8.78 Å². The number of hydrogen-bond acceptors (Lipinski definition) is 3. The molecule has 0 unspecified atom stereocenters. The first-order valence-electron chi connectivity index (χ1n) is 6.04. The topological polar surface area (TPSA) is 66.7 Å².